The number of rotatable bonds is 5. The fourth-order valence-electron chi connectivity index (χ4n) is 1.32. The van der Waals surface area contributed by atoms with Gasteiger partial charge in [0.25, 0.3) is 0 Å². The first-order valence-corrected chi connectivity index (χ1v) is 6.38. The van der Waals surface area contributed by atoms with Crippen molar-refractivity contribution in [1.82, 2.24) is 5.32 Å². The molecule has 1 rings (SSSR count). The van der Waals surface area contributed by atoms with Crippen molar-refractivity contribution in [2.45, 2.75) is 26.2 Å². The Bertz CT molecular complexity index is 338. The fraction of sp³-hybridized carbons (Fsp3) is 0.583. The molecule has 1 unspecified atom stereocenters. The van der Waals surface area contributed by atoms with Gasteiger partial charge in [-0.25, -0.2) is 0 Å². The molecule has 17 heavy (non-hydrogen) atoms. The van der Waals surface area contributed by atoms with Crippen LogP contribution in [0.1, 0.15) is 25.6 Å². The molecule has 0 saturated carbocycles. The topological polar surface area (TPSA) is 55.1 Å². The molecular formula is C12H21ClN2OS. The van der Waals surface area contributed by atoms with E-state index in [-0.39, 0.29) is 18.3 Å². The first kappa shape index (κ1) is 16.4. The average molecular weight is 277 g/mol. The van der Waals surface area contributed by atoms with Crippen molar-refractivity contribution in [3.63, 3.8) is 0 Å². The summed E-state index contributed by atoms with van der Waals surface area (Å²) in [4.78, 5) is 13.1. The summed E-state index contributed by atoms with van der Waals surface area (Å²) >= 11 is 1.61. The Morgan fingerprint density at radius 3 is 2.71 bits per heavy atom. The van der Waals surface area contributed by atoms with Gasteiger partial charge >= 0.3 is 0 Å². The molecule has 0 aliphatic rings. The smallest absolute Gasteiger partial charge is 0.230 e. The Kier molecular flexibility index (Phi) is 6.75. The maximum Gasteiger partial charge on any atom is 0.230 e. The summed E-state index contributed by atoms with van der Waals surface area (Å²) in [5.41, 5.74) is 5.06. The van der Waals surface area contributed by atoms with E-state index in [0.717, 1.165) is 4.88 Å². The Morgan fingerprint density at radius 1 is 1.59 bits per heavy atom. The highest BCUT2D eigenvalue weighted by molar-refractivity contribution is 7.10. The van der Waals surface area contributed by atoms with E-state index in [4.69, 9.17) is 5.73 Å². The normalized spacial score (nSPS) is 12.7. The second kappa shape index (κ2) is 6.99. The van der Waals surface area contributed by atoms with Crippen LogP contribution in [-0.2, 0) is 10.2 Å². The van der Waals surface area contributed by atoms with E-state index >= 15 is 0 Å². The van der Waals surface area contributed by atoms with E-state index in [2.05, 4.69) is 5.32 Å². The molecule has 1 heterocycles. The third kappa shape index (κ3) is 4.30. The predicted molar refractivity (Wildman–Crippen MR) is 75.8 cm³/mol. The molecule has 0 saturated heterocycles. The number of halogens is 1. The molecule has 3 nitrogen and oxygen atoms in total. The third-order valence-electron chi connectivity index (χ3n) is 2.72. The Labute approximate surface area is 113 Å². The lowest BCUT2D eigenvalue weighted by molar-refractivity contribution is -0.125. The Morgan fingerprint density at radius 2 is 2.24 bits per heavy atom. The van der Waals surface area contributed by atoms with E-state index in [9.17, 15) is 4.79 Å². The first-order valence-electron chi connectivity index (χ1n) is 5.50. The molecule has 5 heteroatoms. The maximum absolute atomic E-state index is 12.0. The van der Waals surface area contributed by atoms with Gasteiger partial charge in [-0.2, -0.15) is 0 Å². The van der Waals surface area contributed by atoms with Crippen LogP contribution in [0.25, 0.3) is 0 Å². The second-order valence-corrected chi connectivity index (χ2v) is 5.60. The van der Waals surface area contributed by atoms with Crippen LogP contribution in [0.5, 0.6) is 0 Å². The average Bonchev–Trinajstić information content (AvgIpc) is 2.78. The number of amides is 1. The monoisotopic (exact) mass is 276 g/mol. The highest BCUT2D eigenvalue weighted by Gasteiger charge is 2.30. The molecule has 0 aromatic carbocycles. The van der Waals surface area contributed by atoms with Crippen LogP contribution in [0.2, 0.25) is 0 Å². The zero-order valence-corrected chi connectivity index (χ0v) is 12.2. The SMILES string of the molecule is CC(CN)CNC(=O)C(C)(C)c1cccs1.Cl. The summed E-state index contributed by atoms with van der Waals surface area (Å²) in [7, 11) is 0. The van der Waals surface area contributed by atoms with Crippen molar-refractivity contribution < 1.29 is 4.79 Å². The van der Waals surface area contributed by atoms with Gasteiger partial charge in [-0.3, -0.25) is 4.79 Å². The molecule has 3 N–H and O–H groups in total. The second-order valence-electron chi connectivity index (χ2n) is 4.65. The zero-order chi connectivity index (χ0) is 12.2. The van der Waals surface area contributed by atoms with Gasteiger partial charge in [0.1, 0.15) is 0 Å². The first-order chi connectivity index (χ1) is 7.48. The molecule has 1 amide bonds. The highest BCUT2D eigenvalue weighted by atomic mass is 35.5. The van der Waals surface area contributed by atoms with Crippen molar-refractivity contribution in [2.75, 3.05) is 13.1 Å². The number of carbonyl (C=O) groups is 1. The molecule has 0 aliphatic carbocycles. The number of nitrogens with one attached hydrogen (secondary N) is 1. The van der Waals surface area contributed by atoms with E-state index in [0.29, 0.717) is 19.0 Å². The Hall–Kier alpha value is -0.580. The van der Waals surface area contributed by atoms with Crippen LogP contribution < -0.4 is 11.1 Å². The molecule has 98 valence electrons. The number of hydrogen-bond donors (Lipinski definition) is 2. The summed E-state index contributed by atoms with van der Waals surface area (Å²) in [6.07, 6.45) is 0. The minimum atomic E-state index is -0.456. The van der Waals surface area contributed by atoms with Crippen LogP contribution in [0.3, 0.4) is 0 Å². The summed E-state index contributed by atoms with van der Waals surface area (Å²) in [6, 6.07) is 3.97. The van der Waals surface area contributed by atoms with Crippen LogP contribution in [0.4, 0.5) is 0 Å². The molecule has 0 bridgehead atoms. The van der Waals surface area contributed by atoms with E-state index < -0.39 is 5.41 Å². The van der Waals surface area contributed by atoms with E-state index in [1.807, 2.05) is 38.3 Å². The third-order valence-corrected chi connectivity index (χ3v) is 3.91. The van der Waals surface area contributed by atoms with Gasteiger partial charge in [0.15, 0.2) is 0 Å². The number of hydrogen-bond acceptors (Lipinski definition) is 3. The predicted octanol–water partition coefficient (Wildman–Crippen LogP) is 2.16. The Balaban J connectivity index is 0.00000256. The molecule has 1 aromatic heterocycles. The largest absolute Gasteiger partial charge is 0.355 e. The molecule has 1 atom stereocenters. The van der Waals surface area contributed by atoms with Crippen LogP contribution in [-0.4, -0.2) is 19.0 Å². The quantitative estimate of drug-likeness (QED) is 0.866. The van der Waals surface area contributed by atoms with Crippen LogP contribution in [0, 0.1) is 5.92 Å². The van der Waals surface area contributed by atoms with Gasteiger partial charge in [-0.05, 0) is 37.8 Å². The molecule has 1 aromatic rings. The van der Waals surface area contributed by atoms with E-state index in [1.165, 1.54) is 0 Å². The minimum Gasteiger partial charge on any atom is -0.355 e. The van der Waals surface area contributed by atoms with Gasteiger partial charge in [-0.1, -0.05) is 13.0 Å². The van der Waals surface area contributed by atoms with Crippen molar-refractivity contribution >= 4 is 29.7 Å². The highest BCUT2D eigenvalue weighted by Crippen LogP contribution is 2.27. The molecule has 0 radical (unpaired) electrons. The van der Waals surface area contributed by atoms with Gasteiger partial charge in [-0.15, -0.1) is 23.7 Å². The van der Waals surface area contributed by atoms with Crippen LogP contribution >= 0.6 is 23.7 Å². The fourth-order valence-corrected chi connectivity index (χ4v) is 2.17. The molecule has 0 fully saturated rings. The molecule has 0 spiro atoms. The standard InChI is InChI=1S/C12H20N2OS.ClH/c1-9(7-13)8-14-11(15)12(2,3)10-5-4-6-16-10;/h4-6,9H,7-8,13H2,1-3H3,(H,14,15);1H. The van der Waals surface area contributed by atoms with Crippen molar-refractivity contribution in [1.29, 1.82) is 0 Å². The molecular weight excluding hydrogens is 256 g/mol. The summed E-state index contributed by atoms with van der Waals surface area (Å²) in [6.45, 7) is 7.16. The van der Waals surface area contributed by atoms with E-state index in [1.54, 1.807) is 11.3 Å². The van der Waals surface area contributed by atoms with Gasteiger partial charge < -0.3 is 11.1 Å². The minimum absolute atomic E-state index is 0. The summed E-state index contributed by atoms with van der Waals surface area (Å²) < 4.78 is 0. The van der Waals surface area contributed by atoms with Gasteiger partial charge in [0.05, 0.1) is 5.41 Å². The number of nitrogens with two attached hydrogens (primary N) is 1. The van der Waals surface area contributed by atoms with Crippen molar-refractivity contribution in [3.05, 3.63) is 22.4 Å². The lowest BCUT2D eigenvalue weighted by Gasteiger charge is -2.23. The summed E-state index contributed by atoms with van der Waals surface area (Å²) in [5.74, 6) is 0.387. The zero-order valence-electron chi connectivity index (χ0n) is 10.5. The van der Waals surface area contributed by atoms with Gasteiger partial charge in [0, 0.05) is 11.4 Å². The lowest BCUT2D eigenvalue weighted by atomic mass is 9.90. The number of thiophene rings is 1. The van der Waals surface area contributed by atoms with Crippen LogP contribution in [0.15, 0.2) is 17.5 Å². The van der Waals surface area contributed by atoms with Gasteiger partial charge in [0.2, 0.25) is 5.91 Å². The summed E-state index contributed by atoms with van der Waals surface area (Å²) in [5, 5.41) is 4.94. The number of carbonyl (C=O) groups excluding carboxylic acids is 1. The maximum atomic E-state index is 12.0. The van der Waals surface area contributed by atoms with Crippen molar-refractivity contribution in [3.8, 4) is 0 Å². The molecule has 0 aliphatic heterocycles. The lowest BCUT2D eigenvalue weighted by Crippen LogP contribution is -2.42. The van der Waals surface area contributed by atoms with Crippen molar-refractivity contribution in [2.24, 2.45) is 11.7 Å².